The van der Waals surface area contributed by atoms with E-state index in [1.54, 1.807) is 18.4 Å². The molecule has 2 aromatic carbocycles. The Balaban J connectivity index is 1.87. The monoisotopic (exact) mass is 452 g/mol. The van der Waals surface area contributed by atoms with Crippen LogP contribution in [-0.2, 0) is 0 Å². The van der Waals surface area contributed by atoms with Crippen molar-refractivity contribution in [2.24, 2.45) is 5.73 Å². The van der Waals surface area contributed by atoms with Crippen molar-refractivity contribution in [1.82, 2.24) is 4.98 Å². The molecule has 1 heterocycles. The SMILES string of the molecule is CCCCC(C#CC(N)c1nc(-c2cc(C)c(OC)cc2Cl)c(C)s1)c1ccccc1. The van der Waals surface area contributed by atoms with Crippen LogP contribution in [0.15, 0.2) is 42.5 Å². The summed E-state index contributed by atoms with van der Waals surface area (Å²) >= 11 is 8.10. The Hall–Kier alpha value is -2.32. The largest absolute Gasteiger partial charge is 0.496 e. The number of nitrogens with two attached hydrogens (primary N) is 1. The van der Waals surface area contributed by atoms with E-state index in [1.165, 1.54) is 5.56 Å². The molecule has 5 heteroatoms. The minimum atomic E-state index is -0.427. The Kier molecular flexibility index (Phi) is 8.15. The van der Waals surface area contributed by atoms with Gasteiger partial charge in [0.15, 0.2) is 0 Å². The third kappa shape index (κ3) is 5.68. The van der Waals surface area contributed by atoms with Crippen LogP contribution in [0.1, 0.15) is 59.2 Å². The van der Waals surface area contributed by atoms with Gasteiger partial charge < -0.3 is 10.5 Å². The lowest BCUT2D eigenvalue weighted by molar-refractivity contribution is 0.412. The first-order valence-electron chi connectivity index (χ1n) is 10.6. The number of halogens is 1. The van der Waals surface area contributed by atoms with Crippen molar-refractivity contribution in [3.63, 3.8) is 0 Å². The lowest BCUT2D eigenvalue weighted by Gasteiger charge is -2.11. The maximum Gasteiger partial charge on any atom is 0.123 e. The van der Waals surface area contributed by atoms with Crippen molar-refractivity contribution in [2.45, 2.75) is 52.0 Å². The Morgan fingerprint density at radius 2 is 1.90 bits per heavy atom. The van der Waals surface area contributed by atoms with Gasteiger partial charge in [-0.1, -0.05) is 73.5 Å². The molecule has 0 saturated carbocycles. The molecule has 2 atom stereocenters. The number of hydrogen-bond acceptors (Lipinski definition) is 4. The molecule has 0 aliphatic carbocycles. The maximum atomic E-state index is 6.52. The molecule has 3 aromatic rings. The second kappa shape index (κ2) is 10.8. The van der Waals surface area contributed by atoms with Gasteiger partial charge in [0.2, 0.25) is 0 Å². The van der Waals surface area contributed by atoms with Crippen LogP contribution in [0.2, 0.25) is 5.02 Å². The highest BCUT2D eigenvalue weighted by Crippen LogP contribution is 2.37. The molecule has 3 rings (SSSR count). The van der Waals surface area contributed by atoms with Crippen LogP contribution in [0.4, 0.5) is 0 Å². The van der Waals surface area contributed by atoms with E-state index in [-0.39, 0.29) is 5.92 Å². The minimum Gasteiger partial charge on any atom is -0.496 e. The number of thiazole rings is 1. The molecule has 2 unspecified atom stereocenters. The zero-order valence-electron chi connectivity index (χ0n) is 18.5. The first-order chi connectivity index (χ1) is 14.9. The summed E-state index contributed by atoms with van der Waals surface area (Å²) in [6.07, 6.45) is 3.32. The topological polar surface area (TPSA) is 48.1 Å². The molecule has 31 heavy (non-hydrogen) atoms. The number of aromatic nitrogens is 1. The number of unbranched alkanes of at least 4 members (excludes halogenated alkanes) is 1. The molecule has 162 valence electrons. The summed E-state index contributed by atoms with van der Waals surface area (Å²) in [7, 11) is 1.64. The van der Waals surface area contributed by atoms with E-state index in [0.717, 1.165) is 51.7 Å². The zero-order valence-corrected chi connectivity index (χ0v) is 20.1. The zero-order chi connectivity index (χ0) is 22.4. The van der Waals surface area contributed by atoms with E-state index in [9.17, 15) is 0 Å². The average molecular weight is 453 g/mol. The number of nitrogens with zero attached hydrogens (tertiary/aromatic N) is 1. The smallest absolute Gasteiger partial charge is 0.123 e. The molecule has 0 saturated heterocycles. The molecular formula is C26H29ClN2OS. The number of aryl methyl sites for hydroxylation is 2. The standard InChI is InChI=1S/C26H29ClN2OS/c1-5-6-10-20(19-11-8-7-9-12-19)13-14-23(28)26-29-25(18(3)31-26)21-15-17(2)24(30-4)16-22(21)27/h7-9,11-12,15-16,20,23H,5-6,10,28H2,1-4H3. The average Bonchev–Trinajstić information content (AvgIpc) is 3.17. The van der Waals surface area contributed by atoms with E-state index >= 15 is 0 Å². The van der Waals surface area contributed by atoms with Gasteiger partial charge in [0.25, 0.3) is 0 Å². The van der Waals surface area contributed by atoms with Gasteiger partial charge in [-0.2, -0.15) is 0 Å². The minimum absolute atomic E-state index is 0.186. The van der Waals surface area contributed by atoms with Crippen LogP contribution in [0.5, 0.6) is 5.75 Å². The molecular weight excluding hydrogens is 424 g/mol. The summed E-state index contributed by atoms with van der Waals surface area (Å²) in [6, 6.07) is 13.9. The Bertz CT molecular complexity index is 1080. The van der Waals surface area contributed by atoms with Crippen LogP contribution in [0.3, 0.4) is 0 Å². The molecule has 3 nitrogen and oxygen atoms in total. The third-order valence-electron chi connectivity index (χ3n) is 5.28. The maximum absolute atomic E-state index is 6.52. The van der Waals surface area contributed by atoms with E-state index in [4.69, 9.17) is 27.1 Å². The lowest BCUT2D eigenvalue weighted by atomic mass is 9.94. The molecule has 0 spiro atoms. The Labute approximate surface area is 194 Å². The van der Waals surface area contributed by atoms with Gasteiger partial charge >= 0.3 is 0 Å². The Morgan fingerprint density at radius 1 is 1.16 bits per heavy atom. The van der Waals surface area contributed by atoms with E-state index < -0.39 is 6.04 Å². The first-order valence-corrected chi connectivity index (χ1v) is 11.8. The first kappa shape index (κ1) is 23.3. The summed E-state index contributed by atoms with van der Waals surface area (Å²) in [5, 5.41) is 1.43. The van der Waals surface area contributed by atoms with Crippen molar-refractivity contribution in [2.75, 3.05) is 7.11 Å². The number of benzene rings is 2. The van der Waals surface area contributed by atoms with Crippen molar-refractivity contribution >= 4 is 22.9 Å². The molecule has 0 aliphatic heterocycles. The van der Waals surface area contributed by atoms with Crippen LogP contribution >= 0.6 is 22.9 Å². The van der Waals surface area contributed by atoms with Gasteiger partial charge in [0.1, 0.15) is 16.8 Å². The quantitative estimate of drug-likeness (QED) is 0.390. The van der Waals surface area contributed by atoms with E-state index in [1.807, 2.05) is 32.0 Å². The fraction of sp³-hybridized carbons (Fsp3) is 0.346. The summed E-state index contributed by atoms with van der Waals surface area (Å²) in [5.74, 6) is 7.64. The molecule has 0 amide bonds. The summed E-state index contributed by atoms with van der Waals surface area (Å²) in [6.45, 7) is 6.24. The molecule has 0 radical (unpaired) electrons. The van der Waals surface area contributed by atoms with Gasteiger partial charge in [-0.25, -0.2) is 4.98 Å². The van der Waals surface area contributed by atoms with Crippen LogP contribution in [0.25, 0.3) is 11.3 Å². The second-order valence-corrected chi connectivity index (χ2v) is 9.27. The number of ether oxygens (including phenoxy) is 1. The summed E-state index contributed by atoms with van der Waals surface area (Å²) < 4.78 is 5.37. The van der Waals surface area contributed by atoms with E-state index in [0.29, 0.717) is 5.02 Å². The van der Waals surface area contributed by atoms with Crippen LogP contribution < -0.4 is 10.5 Å². The number of rotatable bonds is 7. The second-order valence-electron chi connectivity index (χ2n) is 7.63. The molecule has 2 N–H and O–H groups in total. The third-order valence-corrected chi connectivity index (χ3v) is 6.65. The summed E-state index contributed by atoms with van der Waals surface area (Å²) in [4.78, 5) is 5.89. The highest BCUT2D eigenvalue weighted by molar-refractivity contribution is 7.12. The van der Waals surface area contributed by atoms with Gasteiger partial charge in [-0.3, -0.25) is 0 Å². The van der Waals surface area contributed by atoms with E-state index in [2.05, 4.69) is 43.0 Å². The molecule has 0 aliphatic rings. The fourth-order valence-electron chi connectivity index (χ4n) is 3.53. The predicted octanol–water partition coefficient (Wildman–Crippen LogP) is 7.07. The molecule has 0 fully saturated rings. The fourth-order valence-corrected chi connectivity index (χ4v) is 4.66. The van der Waals surface area contributed by atoms with Gasteiger partial charge in [0, 0.05) is 16.4 Å². The summed E-state index contributed by atoms with van der Waals surface area (Å²) in [5.41, 5.74) is 10.5. The van der Waals surface area contributed by atoms with Crippen molar-refractivity contribution in [3.8, 4) is 28.8 Å². The van der Waals surface area contributed by atoms with Crippen LogP contribution in [-0.4, -0.2) is 12.1 Å². The van der Waals surface area contributed by atoms with Crippen molar-refractivity contribution in [1.29, 1.82) is 0 Å². The normalized spacial score (nSPS) is 12.7. The predicted molar refractivity (Wildman–Crippen MR) is 132 cm³/mol. The molecule has 0 bridgehead atoms. The highest BCUT2D eigenvalue weighted by Gasteiger charge is 2.18. The number of hydrogen-bond donors (Lipinski definition) is 1. The van der Waals surface area contributed by atoms with Gasteiger partial charge in [0.05, 0.1) is 17.8 Å². The van der Waals surface area contributed by atoms with Crippen LogP contribution in [0, 0.1) is 25.7 Å². The molecule has 1 aromatic heterocycles. The van der Waals surface area contributed by atoms with Crippen molar-refractivity contribution < 1.29 is 4.74 Å². The lowest BCUT2D eigenvalue weighted by Crippen LogP contribution is -2.08. The van der Waals surface area contributed by atoms with Crippen molar-refractivity contribution in [3.05, 3.63) is 68.5 Å². The Morgan fingerprint density at radius 3 is 2.58 bits per heavy atom. The van der Waals surface area contributed by atoms with Gasteiger partial charge in [-0.05, 0) is 43.5 Å². The number of methoxy groups -OCH3 is 1. The highest BCUT2D eigenvalue weighted by atomic mass is 35.5. The van der Waals surface area contributed by atoms with Gasteiger partial charge in [-0.15, -0.1) is 11.3 Å².